The molecular formula is C26H30FN5O7. The van der Waals surface area contributed by atoms with E-state index in [1.807, 2.05) is 0 Å². The zero-order valence-electron chi connectivity index (χ0n) is 21.9. The van der Waals surface area contributed by atoms with Crippen LogP contribution in [0.5, 0.6) is 0 Å². The number of carbonyl (C=O) groups excluding carboxylic acids is 6. The molecule has 1 aromatic carbocycles. The summed E-state index contributed by atoms with van der Waals surface area (Å²) in [6.07, 6.45) is 1.27. The third kappa shape index (κ3) is 5.52. The summed E-state index contributed by atoms with van der Waals surface area (Å²) < 4.78 is 18.5. The number of Topliss-reactive ketones (excluding diaryl/α,β-unsaturated/α-hetero) is 1. The summed E-state index contributed by atoms with van der Waals surface area (Å²) in [7, 11) is 2.84. The molecule has 5 rings (SSSR count). The molecule has 0 aromatic heterocycles. The normalized spacial score (nSPS) is 25.7. The van der Waals surface area contributed by atoms with Crippen molar-refractivity contribution in [3.8, 4) is 0 Å². The fourth-order valence-corrected chi connectivity index (χ4v) is 5.21. The number of fused-ring (bicyclic) bond motifs is 2. The van der Waals surface area contributed by atoms with E-state index in [2.05, 4.69) is 15.6 Å². The molecule has 12 nitrogen and oxygen atoms in total. The predicted octanol–water partition coefficient (Wildman–Crippen LogP) is -0.299. The average molecular weight is 544 g/mol. The maximum Gasteiger partial charge on any atom is 0.311 e. The molecule has 39 heavy (non-hydrogen) atoms. The number of likely N-dealkylation sites (N-methyl/N-ethyl adjacent to an activating group) is 1. The Morgan fingerprint density at radius 3 is 2.33 bits per heavy atom. The zero-order valence-corrected chi connectivity index (χ0v) is 21.9. The SMILES string of the molecule is CC(=O)OCC12CCC(NC(=O)C(=O)N(C)C)(CC1)C1=NC(C(=O)NCc3ccc(F)cc3)C(=O)C(=O)N1C2. The molecule has 1 atom stereocenters. The Bertz CT molecular complexity index is 1250. The molecule has 3 aliphatic heterocycles. The summed E-state index contributed by atoms with van der Waals surface area (Å²) in [4.78, 5) is 83.0. The van der Waals surface area contributed by atoms with Crippen LogP contribution in [0.3, 0.4) is 0 Å². The minimum absolute atomic E-state index is 0.00414. The highest BCUT2D eigenvalue weighted by Crippen LogP contribution is 2.47. The highest BCUT2D eigenvalue weighted by Gasteiger charge is 2.58. The molecule has 0 radical (unpaired) electrons. The fourth-order valence-electron chi connectivity index (χ4n) is 5.21. The molecule has 3 heterocycles. The van der Waals surface area contributed by atoms with Crippen molar-refractivity contribution in [3.05, 3.63) is 35.6 Å². The van der Waals surface area contributed by atoms with Gasteiger partial charge in [0.1, 0.15) is 11.7 Å². The van der Waals surface area contributed by atoms with E-state index in [1.54, 1.807) is 0 Å². The number of hydrogen-bond donors (Lipinski definition) is 2. The fraction of sp³-hybridized carbons (Fsp3) is 0.500. The molecule has 1 aromatic rings. The van der Waals surface area contributed by atoms with Crippen LogP contribution < -0.4 is 10.6 Å². The van der Waals surface area contributed by atoms with Crippen LogP contribution >= 0.6 is 0 Å². The number of ketones is 1. The van der Waals surface area contributed by atoms with Gasteiger partial charge in [-0.2, -0.15) is 0 Å². The topological polar surface area (TPSA) is 155 Å². The first-order chi connectivity index (χ1) is 18.4. The molecule has 1 aliphatic carbocycles. The number of amides is 4. The average Bonchev–Trinajstić information content (AvgIpc) is 3.12. The van der Waals surface area contributed by atoms with E-state index >= 15 is 0 Å². The van der Waals surface area contributed by atoms with Crippen LogP contribution in [0.15, 0.2) is 29.3 Å². The van der Waals surface area contributed by atoms with Crippen LogP contribution in [0.2, 0.25) is 0 Å². The number of amidine groups is 1. The van der Waals surface area contributed by atoms with E-state index in [1.165, 1.54) is 45.3 Å². The van der Waals surface area contributed by atoms with Gasteiger partial charge in [0, 0.05) is 39.5 Å². The van der Waals surface area contributed by atoms with Crippen LogP contribution in [0.1, 0.15) is 38.2 Å². The van der Waals surface area contributed by atoms with Crippen molar-refractivity contribution in [1.29, 1.82) is 0 Å². The maximum atomic E-state index is 13.4. The van der Waals surface area contributed by atoms with Crippen molar-refractivity contribution in [2.75, 3.05) is 27.2 Å². The van der Waals surface area contributed by atoms with E-state index < -0.39 is 58.2 Å². The number of ether oxygens (including phenoxy) is 1. The van der Waals surface area contributed by atoms with Gasteiger partial charge in [-0.25, -0.2) is 9.38 Å². The molecule has 2 bridgehead atoms. The van der Waals surface area contributed by atoms with Crippen molar-refractivity contribution < 1.29 is 37.9 Å². The number of carbonyl (C=O) groups is 6. The zero-order chi connectivity index (χ0) is 28.5. The molecule has 3 fully saturated rings. The number of nitrogens with zero attached hydrogens (tertiary/aromatic N) is 3. The standard InChI is InChI=1S/C26H30FN5O7/c1-15(33)39-14-25-8-10-26(11-9-25,30-21(36)23(38)31(2)3)24-29-18(19(34)22(37)32(24)13-25)20(35)28-12-16-4-6-17(27)7-5-16/h4-7,18H,8-14H2,1-3H3,(H,28,35)(H,30,36). The second-order valence-electron chi connectivity index (χ2n) is 10.5. The van der Waals surface area contributed by atoms with Crippen LogP contribution in [0, 0.1) is 11.2 Å². The van der Waals surface area contributed by atoms with Gasteiger partial charge in [0.05, 0.1) is 12.1 Å². The Hall–Kier alpha value is -4.16. The third-order valence-electron chi connectivity index (χ3n) is 7.46. The number of esters is 1. The van der Waals surface area contributed by atoms with Gasteiger partial charge in [0.15, 0.2) is 6.04 Å². The van der Waals surface area contributed by atoms with E-state index in [0.29, 0.717) is 18.4 Å². The number of nitrogens with one attached hydrogen (secondary N) is 2. The first kappa shape index (κ1) is 27.9. The minimum atomic E-state index is -1.70. The molecule has 1 saturated carbocycles. The molecule has 1 unspecified atom stereocenters. The Morgan fingerprint density at radius 2 is 1.74 bits per heavy atom. The van der Waals surface area contributed by atoms with Crippen molar-refractivity contribution in [2.45, 2.75) is 50.7 Å². The lowest BCUT2D eigenvalue weighted by molar-refractivity contribution is -0.149. The minimum Gasteiger partial charge on any atom is -0.465 e. The Kier molecular flexibility index (Phi) is 7.53. The van der Waals surface area contributed by atoms with Gasteiger partial charge in [-0.05, 0) is 43.4 Å². The van der Waals surface area contributed by atoms with Gasteiger partial charge in [-0.15, -0.1) is 0 Å². The lowest BCUT2D eigenvalue weighted by atomic mass is 9.69. The summed E-state index contributed by atoms with van der Waals surface area (Å²) in [5.74, 6) is -5.51. The van der Waals surface area contributed by atoms with Crippen molar-refractivity contribution in [3.63, 3.8) is 0 Å². The molecule has 13 heteroatoms. The summed E-state index contributed by atoms with van der Waals surface area (Å²) in [5.41, 5.74) is -1.43. The van der Waals surface area contributed by atoms with E-state index in [4.69, 9.17) is 4.74 Å². The molecule has 0 spiro atoms. The predicted molar refractivity (Wildman–Crippen MR) is 133 cm³/mol. The Labute approximate surface area is 223 Å². The van der Waals surface area contributed by atoms with Gasteiger partial charge in [0.25, 0.3) is 17.6 Å². The highest BCUT2D eigenvalue weighted by molar-refractivity contribution is 6.46. The quantitative estimate of drug-likeness (QED) is 0.284. The van der Waals surface area contributed by atoms with E-state index in [0.717, 1.165) is 9.80 Å². The lowest BCUT2D eigenvalue weighted by Gasteiger charge is -2.42. The van der Waals surface area contributed by atoms with Gasteiger partial charge in [-0.3, -0.25) is 33.7 Å². The number of benzene rings is 1. The van der Waals surface area contributed by atoms with Crippen molar-refractivity contribution >= 4 is 41.2 Å². The number of aliphatic imine (C=N–C) groups is 1. The van der Waals surface area contributed by atoms with Gasteiger partial charge in [0.2, 0.25) is 0 Å². The first-order valence-electron chi connectivity index (χ1n) is 12.5. The van der Waals surface area contributed by atoms with Gasteiger partial charge in [-0.1, -0.05) is 12.1 Å². The molecule has 2 N–H and O–H groups in total. The number of halogens is 1. The van der Waals surface area contributed by atoms with Gasteiger partial charge >= 0.3 is 17.8 Å². The molecule has 4 amide bonds. The number of hydrogen-bond acceptors (Lipinski definition) is 8. The van der Waals surface area contributed by atoms with Crippen LogP contribution in [0.25, 0.3) is 0 Å². The molecule has 4 aliphatic rings. The third-order valence-corrected chi connectivity index (χ3v) is 7.46. The first-order valence-corrected chi connectivity index (χ1v) is 12.5. The largest absolute Gasteiger partial charge is 0.465 e. The summed E-state index contributed by atoms with van der Waals surface area (Å²) in [6, 6.07) is 3.68. The molecule has 2 saturated heterocycles. The van der Waals surface area contributed by atoms with Crippen molar-refractivity contribution in [2.24, 2.45) is 10.4 Å². The van der Waals surface area contributed by atoms with E-state index in [-0.39, 0.29) is 38.4 Å². The van der Waals surface area contributed by atoms with Gasteiger partial charge < -0.3 is 20.3 Å². The van der Waals surface area contributed by atoms with Crippen LogP contribution in [-0.2, 0) is 40.0 Å². The second-order valence-corrected chi connectivity index (χ2v) is 10.5. The summed E-state index contributed by atoms with van der Waals surface area (Å²) in [6.45, 7) is 1.23. The molecular weight excluding hydrogens is 513 g/mol. The smallest absolute Gasteiger partial charge is 0.311 e. The Morgan fingerprint density at radius 1 is 1.10 bits per heavy atom. The van der Waals surface area contributed by atoms with Crippen LogP contribution in [0.4, 0.5) is 4.39 Å². The monoisotopic (exact) mass is 543 g/mol. The summed E-state index contributed by atoms with van der Waals surface area (Å²) >= 11 is 0. The maximum absolute atomic E-state index is 13.4. The lowest BCUT2D eigenvalue weighted by Crippen LogP contribution is -2.65. The van der Waals surface area contributed by atoms with Crippen LogP contribution in [-0.4, -0.2) is 89.8 Å². The van der Waals surface area contributed by atoms with Crippen molar-refractivity contribution in [1.82, 2.24) is 20.4 Å². The second kappa shape index (κ2) is 10.5. The summed E-state index contributed by atoms with van der Waals surface area (Å²) in [5, 5.41) is 5.29. The Balaban J connectivity index is 1.68. The van der Waals surface area contributed by atoms with E-state index in [9.17, 15) is 33.2 Å². The molecule has 208 valence electrons. The number of rotatable bonds is 6. The highest BCUT2D eigenvalue weighted by atomic mass is 19.1.